The lowest BCUT2D eigenvalue weighted by atomic mass is 10.1. The molecule has 0 saturated heterocycles. The van der Waals surface area contributed by atoms with Crippen LogP contribution < -0.4 is 10.1 Å². The molecule has 2 aromatic carbocycles. The second-order valence-corrected chi connectivity index (χ2v) is 6.18. The van der Waals surface area contributed by atoms with E-state index in [4.69, 9.17) is 4.74 Å². The fraction of sp³-hybridized carbons (Fsp3) is 0.111. The highest BCUT2D eigenvalue weighted by atomic mass is 32.1. The maximum atomic E-state index is 12.3. The first-order chi connectivity index (χ1) is 11.2. The lowest BCUT2D eigenvalue weighted by Crippen LogP contribution is -2.11. The summed E-state index contributed by atoms with van der Waals surface area (Å²) in [7, 11) is 1.60. The third kappa shape index (κ3) is 3.40. The van der Waals surface area contributed by atoms with E-state index in [0.717, 1.165) is 21.9 Å². The Morgan fingerprint density at radius 2 is 1.78 bits per heavy atom. The number of benzene rings is 2. The maximum Gasteiger partial charge on any atom is 0.257 e. The van der Waals surface area contributed by atoms with E-state index >= 15 is 0 Å². The molecule has 0 spiro atoms. The van der Waals surface area contributed by atoms with Gasteiger partial charge >= 0.3 is 0 Å². The molecule has 0 aliphatic rings. The molecule has 1 aromatic heterocycles. The Morgan fingerprint density at radius 1 is 1.09 bits per heavy atom. The zero-order valence-electron chi connectivity index (χ0n) is 12.9. The van der Waals surface area contributed by atoms with Crippen molar-refractivity contribution in [2.45, 2.75) is 6.92 Å². The molecule has 1 N–H and O–H groups in total. The molecule has 0 aliphatic heterocycles. The molecule has 116 valence electrons. The number of ether oxygens (including phenoxy) is 1. The van der Waals surface area contributed by atoms with Crippen LogP contribution in [0.5, 0.6) is 5.75 Å². The smallest absolute Gasteiger partial charge is 0.257 e. The molecule has 1 amide bonds. The number of hydrogen-bond donors (Lipinski definition) is 1. The third-order valence-electron chi connectivity index (χ3n) is 3.42. The van der Waals surface area contributed by atoms with Gasteiger partial charge in [0.1, 0.15) is 5.75 Å². The summed E-state index contributed by atoms with van der Waals surface area (Å²) in [4.78, 5) is 17.9. The van der Waals surface area contributed by atoms with Gasteiger partial charge in [0.25, 0.3) is 5.91 Å². The molecule has 0 fully saturated rings. The Labute approximate surface area is 138 Å². The zero-order valence-corrected chi connectivity index (χ0v) is 13.7. The van der Waals surface area contributed by atoms with E-state index in [-0.39, 0.29) is 5.91 Å². The van der Waals surface area contributed by atoms with E-state index in [1.807, 2.05) is 37.3 Å². The second-order valence-electron chi connectivity index (χ2n) is 4.97. The molecule has 3 rings (SSSR count). The van der Waals surface area contributed by atoms with E-state index < -0.39 is 0 Å². The van der Waals surface area contributed by atoms with E-state index in [9.17, 15) is 4.79 Å². The summed E-state index contributed by atoms with van der Waals surface area (Å²) < 4.78 is 5.09. The summed E-state index contributed by atoms with van der Waals surface area (Å²) in [5.74, 6) is 0.541. The van der Waals surface area contributed by atoms with Crippen LogP contribution >= 0.6 is 11.3 Å². The van der Waals surface area contributed by atoms with Gasteiger partial charge in [-0.15, -0.1) is 11.3 Å². The number of hydrogen-bond acceptors (Lipinski definition) is 4. The molecular formula is C18H16N2O2S. The first-order valence-electron chi connectivity index (χ1n) is 7.15. The Morgan fingerprint density at radius 3 is 2.43 bits per heavy atom. The van der Waals surface area contributed by atoms with E-state index in [1.54, 1.807) is 31.4 Å². The topological polar surface area (TPSA) is 51.2 Å². The van der Waals surface area contributed by atoms with Gasteiger partial charge in [0.15, 0.2) is 5.13 Å². The number of carbonyl (C=O) groups excluding carboxylic acids is 1. The van der Waals surface area contributed by atoms with Crippen LogP contribution in [0.4, 0.5) is 5.13 Å². The van der Waals surface area contributed by atoms with Gasteiger partial charge in [-0.1, -0.05) is 30.3 Å². The monoisotopic (exact) mass is 324 g/mol. The van der Waals surface area contributed by atoms with Crippen LogP contribution in [0.15, 0.2) is 54.6 Å². The molecule has 0 bridgehead atoms. The van der Waals surface area contributed by atoms with Gasteiger partial charge in [-0.3, -0.25) is 10.1 Å². The van der Waals surface area contributed by atoms with Crippen molar-refractivity contribution in [3.05, 3.63) is 65.0 Å². The first kappa shape index (κ1) is 15.2. The Kier molecular flexibility index (Phi) is 4.39. The van der Waals surface area contributed by atoms with Crippen LogP contribution in [0.25, 0.3) is 11.3 Å². The quantitative estimate of drug-likeness (QED) is 0.775. The van der Waals surface area contributed by atoms with E-state index in [1.165, 1.54) is 11.3 Å². The van der Waals surface area contributed by atoms with Crippen LogP contribution in [0.2, 0.25) is 0 Å². The van der Waals surface area contributed by atoms with Crippen molar-refractivity contribution in [3.63, 3.8) is 0 Å². The van der Waals surface area contributed by atoms with Crippen LogP contribution in [0.3, 0.4) is 0 Å². The number of nitrogens with zero attached hydrogens (tertiary/aromatic N) is 1. The Hall–Kier alpha value is -2.66. The van der Waals surface area contributed by atoms with Crippen molar-refractivity contribution in [1.29, 1.82) is 0 Å². The number of carbonyl (C=O) groups is 1. The van der Waals surface area contributed by atoms with Gasteiger partial charge in [-0.2, -0.15) is 0 Å². The van der Waals surface area contributed by atoms with Gasteiger partial charge in [-0.25, -0.2) is 4.98 Å². The highest BCUT2D eigenvalue weighted by Crippen LogP contribution is 2.30. The highest BCUT2D eigenvalue weighted by Gasteiger charge is 2.13. The molecule has 5 heteroatoms. The minimum absolute atomic E-state index is 0.180. The largest absolute Gasteiger partial charge is 0.497 e. The average Bonchev–Trinajstić information content (AvgIpc) is 2.96. The minimum Gasteiger partial charge on any atom is -0.497 e. The van der Waals surface area contributed by atoms with Crippen molar-refractivity contribution >= 4 is 22.4 Å². The summed E-state index contributed by atoms with van der Waals surface area (Å²) in [6, 6.07) is 16.9. The highest BCUT2D eigenvalue weighted by molar-refractivity contribution is 7.16. The number of amides is 1. The molecule has 0 atom stereocenters. The van der Waals surface area contributed by atoms with E-state index in [0.29, 0.717) is 10.7 Å². The van der Waals surface area contributed by atoms with Crippen molar-refractivity contribution < 1.29 is 9.53 Å². The fourth-order valence-corrected chi connectivity index (χ4v) is 3.06. The normalized spacial score (nSPS) is 10.3. The molecule has 0 unspecified atom stereocenters. The van der Waals surface area contributed by atoms with Crippen molar-refractivity contribution in [1.82, 2.24) is 4.98 Å². The number of nitrogens with one attached hydrogen (secondary N) is 1. The summed E-state index contributed by atoms with van der Waals surface area (Å²) in [6.45, 7) is 2.00. The maximum absolute atomic E-state index is 12.3. The van der Waals surface area contributed by atoms with Crippen LogP contribution in [0.1, 0.15) is 15.2 Å². The van der Waals surface area contributed by atoms with Crippen molar-refractivity contribution in [3.8, 4) is 17.0 Å². The zero-order chi connectivity index (χ0) is 16.2. The number of methoxy groups -OCH3 is 1. The predicted octanol–water partition coefficient (Wildman–Crippen LogP) is 4.38. The molecule has 0 aliphatic carbocycles. The van der Waals surface area contributed by atoms with Gasteiger partial charge in [0, 0.05) is 16.0 Å². The first-order valence-corrected chi connectivity index (χ1v) is 7.97. The average molecular weight is 324 g/mol. The molecule has 1 heterocycles. The number of anilines is 1. The van der Waals surface area contributed by atoms with Crippen LogP contribution in [0, 0.1) is 6.92 Å². The molecule has 4 nitrogen and oxygen atoms in total. The van der Waals surface area contributed by atoms with Crippen molar-refractivity contribution in [2.24, 2.45) is 0 Å². The van der Waals surface area contributed by atoms with Gasteiger partial charge < -0.3 is 4.74 Å². The van der Waals surface area contributed by atoms with Crippen molar-refractivity contribution in [2.75, 3.05) is 12.4 Å². The summed E-state index contributed by atoms with van der Waals surface area (Å²) in [5, 5.41) is 3.45. The molecule has 3 aromatic rings. The van der Waals surface area contributed by atoms with E-state index in [2.05, 4.69) is 10.3 Å². The molecule has 0 saturated carbocycles. The Balaban J connectivity index is 1.79. The lowest BCUT2D eigenvalue weighted by Gasteiger charge is -2.03. The second kappa shape index (κ2) is 6.62. The summed E-state index contributed by atoms with van der Waals surface area (Å²) >= 11 is 1.47. The van der Waals surface area contributed by atoms with Crippen LogP contribution in [-0.2, 0) is 0 Å². The predicted molar refractivity (Wildman–Crippen MR) is 93.2 cm³/mol. The Bertz CT molecular complexity index is 811. The summed E-state index contributed by atoms with van der Waals surface area (Å²) in [5.41, 5.74) is 2.52. The molecule has 0 radical (unpaired) electrons. The lowest BCUT2D eigenvalue weighted by molar-refractivity contribution is 0.102. The van der Waals surface area contributed by atoms with Gasteiger partial charge in [0.2, 0.25) is 0 Å². The molecular weight excluding hydrogens is 308 g/mol. The number of thiazole rings is 1. The number of aryl methyl sites for hydroxylation is 1. The standard InChI is InChI=1S/C18H16N2O2S/c1-12-16(13-6-4-3-5-7-13)19-18(23-12)20-17(21)14-8-10-15(22-2)11-9-14/h3-11H,1-2H3,(H,19,20,21). The number of rotatable bonds is 4. The molecule has 23 heavy (non-hydrogen) atoms. The number of aromatic nitrogens is 1. The minimum atomic E-state index is -0.180. The van der Waals surface area contributed by atoms with Crippen LogP contribution in [-0.4, -0.2) is 18.0 Å². The van der Waals surface area contributed by atoms with Gasteiger partial charge in [-0.05, 0) is 31.2 Å². The van der Waals surface area contributed by atoms with Gasteiger partial charge in [0.05, 0.1) is 12.8 Å². The summed E-state index contributed by atoms with van der Waals surface area (Å²) in [6.07, 6.45) is 0. The fourth-order valence-electron chi connectivity index (χ4n) is 2.23. The SMILES string of the molecule is COc1ccc(C(=O)Nc2nc(-c3ccccc3)c(C)s2)cc1. The third-order valence-corrected chi connectivity index (χ3v) is 4.30.